The van der Waals surface area contributed by atoms with Crippen LogP contribution in [0.5, 0.6) is 0 Å². The van der Waals surface area contributed by atoms with Crippen molar-refractivity contribution in [1.29, 1.82) is 5.26 Å². The molecule has 6 nitrogen and oxygen atoms in total. The minimum Gasteiger partial charge on any atom is -0.397 e. The van der Waals surface area contributed by atoms with Crippen LogP contribution in [0, 0.1) is 11.3 Å². The number of rotatable bonds is 4. The number of hydrogen-bond acceptors (Lipinski definition) is 5. The molecule has 1 fully saturated rings. The molecule has 1 atom stereocenters. The zero-order valence-corrected chi connectivity index (χ0v) is 16.6. The standard InChI is InChI=1S/C24H23N5O/c25-15-18-5-4-8-20(13-18)23(19-6-2-1-3-7-19)28-9-11-29(12-10-28)24(30)21-14-22(26)17-27-16-21/h1-8,13-14,16-17,23H,9-12,26H2/t23-/m1/s1. The average Bonchev–Trinajstić information content (AvgIpc) is 2.80. The topological polar surface area (TPSA) is 86.2 Å². The summed E-state index contributed by atoms with van der Waals surface area (Å²) in [6, 6.07) is 22.0. The second-order valence-corrected chi connectivity index (χ2v) is 7.39. The van der Waals surface area contributed by atoms with Crippen molar-refractivity contribution in [1.82, 2.24) is 14.8 Å². The number of carbonyl (C=O) groups is 1. The maximum atomic E-state index is 12.8. The van der Waals surface area contributed by atoms with Gasteiger partial charge < -0.3 is 10.6 Å². The molecule has 4 rings (SSSR count). The summed E-state index contributed by atoms with van der Waals surface area (Å²) in [5.74, 6) is -0.0443. The Hall–Kier alpha value is -3.69. The molecule has 0 spiro atoms. The molecule has 2 aromatic carbocycles. The number of carbonyl (C=O) groups excluding carboxylic acids is 1. The summed E-state index contributed by atoms with van der Waals surface area (Å²) in [5.41, 5.74) is 9.69. The lowest BCUT2D eigenvalue weighted by molar-refractivity contribution is 0.0597. The molecule has 1 aromatic heterocycles. The van der Waals surface area contributed by atoms with Crippen LogP contribution in [-0.4, -0.2) is 46.9 Å². The predicted octanol–water partition coefficient (Wildman–Crippen LogP) is 3.08. The first-order valence-electron chi connectivity index (χ1n) is 9.94. The predicted molar refractivity (Wildman–Crippen MR) is 116 cm³/mol. The third-order valence-corrected chi connectivity index (χ3v) is 5.42. The Morgan fingerprint density at radius 3 is 2.40 bits per heavy atom. The van der Waals surface area contributed by atoms with E-state index in [1.54, 1.807) is 12.3 Å². The lowest BCUT2D eigenvalue weighted by Crippen LogP contribution is -2.49. The summed E-state index contributed by atoms with van der Waals surface area (Å²) in [6.45, 7) is 2.71. The van der Waals surface area contributed by atoms with E-state index >= 15 is 0 Å². The SMILES string of the molecule is N#Cc1cccc([C@@H](c2ccccc2)N2CCN(C(=O)c3cncc(N)c3)CC2)c1. The molecule has 30 heavy (non-hydrogen) atoms. The zero-order chi connectivity index (χ0) is 20.9. The Bertz CT molecular complexity index is 1070. The second kappa shape index (κ2) is 8.76. The molecule has 0 aliphatic carbocycles. The van der Waals surface area contributed by atoms with Gasteiger partial charge in [0.15, 0.2) is 0 Å². The van der Waals surface area contributed by atoms with Gasteiger partial charge in [0.05, 0.1) is 28.9 Å². The van der Waals surface area contributed by atoms with Crippen LogP contribution in [0.15, 0.2) is 73.1 Å². The molecule has 0 unspecified atom stereocenters. The van der Waals surface area contributed by atoms with E-state index in [9.17, 15) is 10.1 Å². The number of piperazine rings is 1. The van der Waals surface area contributed by atoms with Gasteiger partial charge in [-0.05, 0) is 29.3 Å². The number of nitrogens with two attached hydrogens (primary N) is 1. The van der Waals surface area contributed by atoms with Gasteiger partial charge in [-0.25, -0.2) is 0 Å². The molecule has 0 radical (unpaired) electrons. The first kappa shape index (κ1) is 19.6. The lowest BCUT2D eigenvalue weighted by atomic mass is 9.95. The van der Waals surface area contributed by atoms with Crippen molar-refractivity contribution in [3.8, 4) is 6.07 Å². The number of nitrogens with zero attached hydrogens (tertiary/aromatic N) is 4. The van der Waals surface area contributed by atoms with Gasteiger partial charge in [-0.1, -0.05) is 42.5 Å². The number of nitriles is 1. The highest BCUT2D eigenvalue weighted by Crippen LogP contribution is 2.30. The Kier molecular flexibility index (Phi) is 5.73. The summed E-state index contributed by atoms with van der Waals surface area (Å²) >= 11 is 0. The Morgan fingerprint density at radius 1 is 0.967 bits per heavy atom. The van der Waals surface area contributed by atoms with E-state index in [0.717, 1.165) is 18.7 Å². The molecule has 2 heterocycles. The van der Waals surface area contributed by atoms with Gasteiger partial charge in [0.1, 0.15) is 0 Å². The van der Waals surface area contributed by atoms with E-state index in [1.807, 2.05) is 41.3 Å². The highest BCUT2D eigenvalue weighted by Gasteiger charge is 2.28. The van der Waals surface area contributed by atoms with Crippen LogP contribution in [0.3, 0.4) is 0 Å². The third-order valence-electron chi connectivity index (χ3n) is 5.42. The van der Waals surface area contributed by atoms with E-state index in [2.05, 4.69) is 34.2 Å². The number of nitrogen functional groups attached to an aromatic ring is 1. The van der Waals surface area contributed by atoms with Gasteiger partial charge >= 0.3 is 0 Å². The van der Waals surface area contributed by atoms with Gasteiger partial charge in [-0.3, -0.25) is 14.7 Å². The van der Waals surface area contributed by atoms with Crippen LogP contribution in [0.1, 0.15) is 33.1 Å². The molecular weight excluding hydrogens is 374 g/mol. The largest absolute Gasteiger partial charge is 0.397 e. The zero-order valence-electron chi connectivity index (χ0n) is 16.6. The fourth-order valence-corrected chi connectivity index (χ4v) is 3.97. The van der Waals surface area contributed by atoms with Gasteiger partial charge in [0, 0.05) is 38.6 Å². The molecule has 3 aromatic rings. The highest BCUT2D eigenvalue weighted by atomic mass is 16.2. The van der Waals surface area contributed by atoms with E-state index < -0.39 is 0 Å². The van der Waals surface area contributed by atoms with Crippen LogP contribution < -0.4 is 5.73 Å². The molecule has 150 valence electrons. The lowest BCUT2D eigenvalue weighted by Gasteiger charge is -2.39. The number of anilines is 1. The fraction of sp³-hybridized carbons (Fsp3) is 0.208. The first-order chi connectivity index (χ1) is 14.7. The quantitative estimate of drug-likeness (QED) is 0.731. The van der Waals surface area contributed by atoms with Gasteiger partial charge in [-0.15, -0.1) is 0 Å². The molecule has 1 aliphatic heterocycles. The van der Waals surface area contributed by atoms with E-state index in [1.165, 1.54) is 11.8 Å². The number of aromatic nitrogens is 1. The maximum Gasteiger partial charge on any atom is 0.255 e. The molecular formula is C24H23N5O. The Morgan fingerprint density at radius 2 is 1.70 bits per heavy atom. The Balaban J connectivity index is 1.55. The smallest absolute Gasteiger partial charge is 0.255 e. The van der Waals surface area contributed by atoms with Crippen molar-refractivity contribution in [2.24, 2.45) is 0 Å². The Labute approximate surface area is 176 Å². The summed E-state index contributed by atoms with van der Waals surface area (Å²) in [4.78, 5) is 21.1. The minimum absolute atomic E-state index is 0.0331. The van der Waals surface area contributed by atoms with Crippen molar-refractivity contribution in [3.63, 3.8) is 0 Å². The summed E-state index contributed by atoms with van der Waals surface area (Å²) in [6.07, 6.45) is 3.10. The van der Waals surface area contributed by atoms with Crippen LogP contribution in [0.25, 0.3) is 0 Å². The highest BCUT2D eigenvalue weighted by molar-refractivity contribution is 5.94. The second-order valence-electron chi connectivity index (χ2n) is 7.39. The molecule has 6 heteroatoms. The van der Waals surface area contributed by atoms with Gasteiger partial charge in [-0.2, -0.15) is 5.26 Å². The first-order valence-corrected chi connectivity index (χ1v) is 9.94. The van der Waals surface area contributed by atoms with E-state index in [4.69, 9.17) is 5.73 Å². The van der Waals surface area contributed by atoms with E-state index in [0.29, 0.717) is 29.9 Å². The molecule has 1 amide bonds. The van der Waals surface area contributed by atoms with Gasteiger partial charge in [0.25, 0.3) is 5.91 Å². The van der Waals surface area contributed by atoms with E-state index in [-0.39, 0.29) is 11.9 Å². The number of amides is 1. The molecule has 0 saturated carbocycles. The molecule has 2 N–H and O–H groups in total. The molecule has 1 saturated heterocycles. The van der Waals surface area contributed by atoms with Crippen LogP contribution in [0.4, 0.5) is 5.69 Å². The van der Waals surface area contributed by atoms with Crippen LogP contribution in [0.2, 0.25) is 0 Å². The van der Waals surface area contributed by atoms with Gasteiger partial charge in [0.2, 0.25) is 0 Å². The minimum atomic E-state index is -0.0443. The van der Waals surface area contributed by atoms with Crippen LogP contribution in [-0.2, 0) is 0 Å². The summed E-state index contributed by atoms with van der Waals surface area (Å²) in [7, 11) is 0. The summed E-state index contributed by atoms with van der Waals surface area (Å²) in [5, 5.41) is 9.33. The monoisotopic (exact) mass is 397 g/mol. The normalized spacial score (nSPS) is 15.4. The molecule has 1 aliphatic rings. The number of pyridine rings is 1. The van der Waals surface area contributed by atoms with Crippen molar-refractivity contribution in [2.75, 3.05) is 31.9 Å². The third kappa shape index (κ3) is 4.17. The average molecular weight is 397 g/mol. The maximum absolute atomic E-state index is 12.8. The number of benzene rings is 2. The number of hydrogen-bond donors (Lipinski definition) is 1. The van der Waals surface area contributed by atoms with Crippen molar-refractivity contribution >= 4 is 11.6 Å². The van der Waals surface area contributed by atoms with Crippen LogP contribution >= 0.6 is 0 Å². The van der Waals surface area contributed by atoms with Crippen molar-refractivity contribution in [3.05, 3.63) is 95.3 Å². The summed E-state index contributed by atoms with van der Waals surface area (Å²) < 4.78 is 0. The fourth-order valence-electron chi connectivity index (χ4n) is 3.97. The van der Waals surface area contributed by atoms with Crippen molar-refractivity contribution < 1.29 is 4.79 Å². The van der Waals surface area contributed by atoms with Crippen molar-refractivity contribution in [2.45, 2.75) is 6.04 Å². The molecule has 0 bridgehead atoms.